The Hall–Kier alpha value is -1.63. The molecular weight excluding hydrogens is 302 g/mol. The number of hydrogen-bond donors (Lipinski definition) is 0. The standard InChI is InChI=1S/C16H29NO6/c1-4-5-6-11-23-16(20)7-8-17(9-12-21-14(2)18)10-13-22-15(3)19/h4-13H2,1-3H3. The summed E-state index contributed by atoms with van der Waals surface area (Å²) in [5, 5.41) is 0. The van der Waals surface area contributed by atoms with E-state index in [1.807, 2.05) is 4.90 Å². The molecule has 0 aromatic rings. The average Bonchev–Trinajstić information content (AvgIpc) is 2.48. The number of carbonyl (C=O) groups is 3. The smallest absolute Gasteiger partial charge is 0.307 e. The van der Waals surface area contributed by atoms with Crippen LogP contribution in [0.25, 0.3) is 0 Å². The summed E-state index contributed by atoms with van der Waals surface area (Å²) in [6.07, 6.45) is 3.26. The first-order chi connectivity index (χ1) is 11.0. The Kier molecular flexibility index (Phi) is 13.0. The topological polar surface area (TPSA) is 82.1 Å². The molecule has 7 heteroatoms. The molecule has 0 N–H and O–H groups in total. The monoisotopic (exact) mass is 331 g/mol. The molecule has 0 aliphatic heterocycles. The van der Waals surface area contributed by atoms with Gasteiger partial charge in [-0.25, -0.2) is 0 Å². The van der Waals surface area contributed by atoms with Crippen LogP contribution in [-0.2, 0) is 28.6 Å². The molecule has 0 rings (SSSR count). The summed E-state index contributed by atoms with van der Waals surface area (Å²) >= 11 is 0. The maximum absolute atomic E-state index is 11.7. The number of carbonyl (C=O) groups excluding carboxylic acids is 3. The minimum absolute atomic E-state index is 0.237. The van der Waals surface area contributed by atoms with Gasteiger partial charge in [-0.05, 0) is 6.42 Å². The van der Waals surface area contributed by atoms with Crippen LogP contribution in [0.5, 0.6) is 0 Å². The van der Waals surface area contributed by atoms with E-state index in [0.717, 1.165) is 19.3 Å². The molecule has 0 unspecified atom stereocenters. The third kappa shape index (κ3) is 15.1. The molecule has 7 nitrogen and oxygen atoms in total. The highest BCUT2D eigenvalue weighted by Gasteiger charge is 2.10. The predicted octanol–water partition coefficient (Wildman–Crippen LogP) is 1.54. The number of rotatable bonds is 13. The van der Waals surface area contributed by atoms with Gasteiger partial charge in [0, 0.05) is 33.5 Å². The van der Waals surface area contributed by atoms with Crippen LogP contribution in [0.2, 0.25) is 0 Å². The average molecular weight is 331 g/mol. The van der Waals surface area contributed by atoms with Crippen molar-refractivity contribution < 1.29 is 28.6 Å². The van der Waals surface area contributed by atoms with Crippen molar-refractivity contribution in [1.82, 2.24) is 4.90 Å². The summed E-state index contributed by atoms with van der Waals surface area (Å²) in [6.45, 7) is 7.12. The van der Waals surface area contributed by atoms with Crippen molar-refractivity contribution in [3.05, 3.63) is 0 Å². The molecule has 0 aromatic heterocycles. The highest BCUT2D eigenvalue weighted by atomic mass is 16.5. The molecule has 0 bridgehead atoms. The SMILES string of the molecule is CCCCCOC(=O)CCN(CCOC(C)=O)CCOC(C)=O. The molecule has 0 radical (unpaired) electrons. The number of esters is 3. The van der Waals surface area contributed by atoms with Crippen LogP contribution in [-0.4, -0.2) is 62.3 Å². The molecule has 0 amide bonds. The Morgan fingerprint density at radius 1 is 0.783 bits per heavy atom. The van der Waals surface area contributed by atoms with E-state index >= 15 is 0 Å². The van der Waals surface area contributed by atoms with Crippen molar-refractivity contribution >= 4 is 17.9 Å². The van der Waals surface area contributed by atoms with E-state index in [-0.39, 0.29) is 37.5 Å². The van der Waals surface area contributed by atoms with E-state index < -0.39 is 0 Å². The van der Waals surface area contributed by atoms with Crippen LogP contribution in [0.3, 0.4) is 0 Å². The Balaban J connectivity index is 4.03. The molecule has 0 spiro atoms. The normalized spacial score (nSPS) is 10.4. The number of hydrogen-bond acceptors (Lipinski definition) is 7. The maximum Gasteiger partial charge on any atom is 0.307 e. The number of nitrogens with zero attached hydrogens (tertiary/aromatic N) is 1. The van der Waals surface area contributed by atoms with E-state index in [2.05, 4.69) is 6.92 Å². The van der Waals surface area contributed by atoms with E-state index in [1.54, 1.807) is 0 Å². The first-order valence-electron chi connectivity index (χ1n) is 8.10. The van der Waals surface area contributed by atoms with Gasteiger partial charge >= 0.3 is 17.9 Å². The second-order valence-corrected chi connectivity index (χ2v) is 5.20. The van der Waals surface area contributed by atoms with Gasteiger partial charge in [0.25, 0.3) is 0 Å². The van der Waals surface area contributed by atoms with E-state index in [4.69, 9.17) is 14.2 Å². The third-order valence-corrected chi connectivity index (χ3v) is 3.07. The molecule has 0 aromatic carbocycles. The predicted molar refractivity (Wildman–Crippen MR) is 84.8 cm³/mol. The van der Waals surface area contributed by atoms with Crippen LogP contribution in [0.4, 0.5) is 0 Å². The van der Waals surface area contributed by atoms with Crippen molar-refractivity contribution in [2.45, 2.75) is 46.5 Å². The second-order valence-electron chi connectivity index (χ2n) is 5.20. The van der Waals surface area contributed by atoms with E-state index in [9.17, 15) is 14.4 Å². The minimum atomic E-state index is -0.347. The van der Waals surface area contributed by atoms with Crippen LogP contribution >= 0.6 is 0 Å². The van der Waals surface area contributed by atoms with Gasteiger partial charge in [0.1, 0.15) is 13.2 Å². The zero-order valence-electron chi connectivity index (χ0n) is 14.5. The Morgan fingerprint density at radius 3 is 1.83 bits per heavy atom. The molecular formula is C16H29NO6. The molecule has 0 atom stereocenters. The lowest BCUT2D eigenvalue weighted by Gasteiger charge is -2.21. The Labute approximate surface area is 138 Å². The van der Waals surface area contributed by atoms with Crippen LogP contribution in [0, 0.1) is 0 Å². The molecule has 0 saturated carbocycles. The Bertz CT molecular complexity index is 338. The molecule has 0 aliphatic carbocycles. The summed E-state index contributed by atoms with van der Waals surface area (Å²) in [5.41, 5.74) is 0. The fraction of sp³-hybridized carbons (Fsp3) is 0.812. The lowest BCUT2D eigenvalue weighted by atomic mass is 10.3. The largest absolute Gasteiger partial charge is 0.466 e. The van der Waals surface area contributed by atoms with Gasteiger partial charge in [-0.15, -0.1) is 0 Å². The lowest BCUT2D eigenvalue weighted by molar-refractivity contribution is -0.146. The lowest BCUT2D eigenvalue weighted by Crippen LogP contribution is -2.34. The second kappa shape index (κ2) is 14.0. The van der Waals surface area contributed by atoms with E-state index in [1.165, 1.54) is 13.8 Å². The highest BCUT2D eigenvalue weighted by Crippen LogP contribution is 1.99. The van der Waals surface area contributed by atoms with Crippen molar-refractivity contribution in [2.75, 3.05) is 39.5 Å². The number of unbranched alkanes of at least 4 members (excludes halogenated alkanes) is 2. The fourth-order valence-corrected chi connectivity index (χ4v) is 1.83. The fourth-order valence-electron chi connectivity index (χ4n) is 1.83. The van der Waals surface area contributed by atoms with E-state index in [0.29, 0.717) is 26.2 Å². The molecule has 0 aliphatic rings. The van der Waals surface area contributed by atoms with Gasteiger partial charge < -0.3 is 14.2 Å². The summed E-state index contributed by atoms with van der Waals surface area (Å²) in [6, 6.07) is 0. The Morgan fingerprint density at radius 2 is 1.35 bits per heavy atom. The summed E-state index contributed by atoms with van der Waals surface area (Å²) in [4.78, 5) is 35.1. The zero-order chi connectivity index (χ0) is 17.5. The van der Waals surface area contributed by atoms with Gasteiger partial charge in [-0.3, -0.25) is 19.3 Å². The first kappa shape index (κ1) is 21.4. The van der Waals surface area contributed by atoms with Gasteiger partial charge in [-0.2, -0.15) is 0 Å². The van der Waals surface area contributed by atoms with Crippen LogP contribution in [0.1, 0.15) is 46.5 Å². The van der Waals surface area contributed by atoms with Crippen molar-refractivity contribution in [3.8, 4) is 0 Å². The van der Waals surface area contributed by atoms with Gasteiger partial charge in [0.05, 0.1) is 13.0 Å². The van der Waals surface area contributed by atoms with Gasteiger partial charge in [-0.1, -0.05) is 19.8 Å². The maximum atomic E-state index is 11.7. The minimum Gasteiger partial charge on any atom is -0.466 e. The van der Waals surface area contributed by atoms with Gasteiger partial charge in [0.15, 0.2) is 0 Å². The summed E-state index contributed by atoms with van der Waals surface area (Å²) in [5.74, 6) is -0.938. The van der Waals surface area contributed by atoms with Crippen molar-refractivity contribution in [2.24, 2.45) is 0 Å². The molecule has 0 saturated heterocycles. The molecule has 0 fully saturated rings. The zero-order valence-corrected chi connectivity index (χ0v) is 14.5. The highest BCUT2D eigenvalue weighted by molar-refractivity contribution is 5.69. The quantitative estimate of drug-likeness (QED) is 0.287. The summed E-state index contributed by atoms with van der Waals surface area (Å²) < 4.78 is 14.9. The van der Waals surface area contributed by atoms with Gasteiger partial charge in [0.2, 0.25) is 0 Å². The molecule has 134 valence electrons. The third-order valence-electron chi connectivity index (χ3n) is 3.07. The first-order valence-corrected chi connectivity index (χ1v) is 8.10. The number of ether oxygens (including phenoxy) is 3. The van der Waals surface area contributed by atoms with Crippen molar-refractivity contribution in [3.63, 3.8) is 0 Å². The molecule has 23 heavy (non-hydrogen) atoms. The molecule has 0 heterocycles. The van der Waals surface area contributed by atoms with Crippen molar-refractivity contribution in [1.29, 1.82) is 0 Å². The summed E-state index contributed by atoms with van der Waals surface area (Å²) in [7, 11) is 0. The van der Waals surface area contributed by atoms with Crippen LogP contribution in [0.15, 0.2) is 0 Å². The van der Waals surface area contributed by atoms with Crippen LogP contribution < -0.4 is 0 Å².